The number of carbonyl (C=O) groups excluding carboxylic acids is 1. The first-order chi connectivity index (χ1) is 8.55. The van der Waals surface area contributed by atoms with Crippen LogP contribution in [0.1, 0.15) is 34.6 Å². The fourth-order valence-corrected chi connectivity index (χ4v) is 1.37. The van der Waals surface area contributed by atoms with Crippen LogP contribution in [0.4, 0.5) is 10.5 Å². The summed E-state index contributed by atoms with van der Waals surface area (Å²) in [7, 11) is 0. The van der Waals surface area contributed by atoms with Crippen LogP contribution < -0.4 is 5.32 Å². The molecular weight excluding hydrogens is 268 g/mol. The first-order valence-corrected chi connectivity index (χ1v) is 6.10. The topological polar surface area (TPSA) is 79.9 Å². The molecule has 7 heteroatoms. The lowest BCUT2D eigenvalue weighted by atomic mass is 10.1. The number of anilines is 1. The van der Waals surface area contributed by atoms with Gasteiger partial charge in [-0.25, -0.2) is 9.48 Å². The highest BCUT2D eigenvalue weighted by Crippen LogP contribution is 2.24. The first kappa shape index (κ1) is 15.3. The number of hydrogen-bond donors (Lipinski definition) is 1. The minimum Gasteiger partial charge on any atom is -0.444 e. The summed E-state index contributed by atoms with van der Waals surface area (Å²) in [4.78, 5) is 11.6. The van der Waals surface area contributed by atoms with E-state index in [1.165, 1.54) is 10.9 Å². The molecule has 1 N–H and O–H groups in total. The monoisotopic (exact) mass is 284 g/mol. The molecule has 1 amide bonds. The third-order valence-corrected chi connectivity index (χ3v) is 2.43. The SMILES string of the molecule is CC(C)(C)OC(=O)Nc1cn(C(C)(C)C#N)nc1Cl. The van der Waals surface area contributed by atoms with E-state index in [4.69, 9.17) is 21.6 Å². The van der Waals surface area contributed by atoms with E-state index in [-0.39, 0.29) is 5.15 Å². The van der Waals surface area contributed by atoms with Crippen LogP contribution in [-0.4, -0.2) is 21.5 Å². The summed E-state index contributed by atoms with van der Waals surface area (Å²) >= 11 is 5.91. The van der Waals surface area contributed by atoms with Crippen molar-refractivity contribution in [1.29, 1.82) is 5.26 Å². The molecule has 0 aliphatic carbocycles. The predicted molar refractivity (Wildman–Crippen MR) is 72.0 cm³/mol. The first-order valence-electron chi connectivity index (χ1n) is 5.72. The predicted octanol–water partition coefficient (Wildman–Crippen LogP) is 3.14. The van der Waals surface area contributed by atoms with Crippen molar-refractivity contribution in [2.24, 2.45) is 0 Å². The van der Waals surface area contributed by atoms with Gasteiger partial charge in [-0.1, -0.05) is 11.6 Å². The van der Waals surface area contributed by atoms with E-state index in [1.807, 2.05) is 0 Å². The summed E-state index contributed by atoms with van der Waals surface area (Å²) in [6.07, 6.45) is 0.874. The quantitative estimate of drug-likeness (QED) is 0.904. The molecule has 1 rings (SSSR count). The molecule has 0 unspecified atom stereocenters. The van der Waals surface area contributed by atoms with Crippen molar-refractivity contribution >= 4 is 23.4 Å². The smallest absolute Gasteiger partial charge is 0.412 e. The Bertz CT molecular complexity index is 523. The van der Waals surface area contributed by atoms with Gasteiger partial charge in [0.05, 0.1) is 12.3 Å². The van der Waals surface area contributed by atoms with Crippen molar-refractivity contribution < 1.29 is 9.53 Å². The van der Waals surface area contributed by atoms with Crippen molar-refractivity contribution in [3.8, 4) is 6.07 Å². The Morgan fingerprint density at radius 3 is 2.53 bits per heavy atom. The van der Waals surface area contributed by atoms with Crippen LogP contribution in [-0.2, 0) is 10.3 Å². The van der Waals surface area contributed by atoms with Crippen LogP contribution in [0.15, 0.2) is 6.20 Å². The Balaban J connectivity index is 2.87. The molecule has 6 nitrogen and oxygen atoms in total. The van der Waals surface area contributed by atoms with E-state index in [1.54, 1.807) is 34.6 Å². The summed E-state index contributed by atoms with van der Waals surface area (Å²) in [6.45, 7) is 8.66. The number of halogens is 1. The van der Waals surface area contributed by atoms with E-state index in [9.17, 15) is 4.79 Å². The summed E-state index contributed by atoms with van der Waals surface area (Å²) in [5.41, 5.74) is -1.14. The lowest BCUT2D eigenvalue weighted by molar-refractivity contribution is 0.0636. The van der Waals surface area contributed by atoms with Gasteiger partial charge < -0.3 is 4.74 Å². The highest BCUT2D eigenvalue weighted by molar-refractivity contribution is 6.32. The van der Waals surface area contributed by atoms with Gasteiger partial charge in [-0.05, 0) is 34.6 Å². The van der Waals surface area contributed by atoms with E-state index in [2.05, 4.69) is 16.5 Å². The fourth-order valence-electron chi connectivity index (χ4n) is 1.19. The molecule has 0 saturated carbocycles. The lowest BCUT2D eigenvalue weighted by Gasteiger charge is -2.19. The minimum atomic E-state index is -0.850. The van der Waals surface area contributed by atoms with Crippen LogP contribution in [0.3, 0.4) is 0 Å². The van der Waals surface area contributed by atoms with Gasteiger partial charge in [0.1, 0.15) is 16.8 Å². The molecule has 0 aliphatic heterocycles. The number of nitrogens with one attached hydrogen (secondary N) is 1. The summed E-state index contributed by atoms with van der Waals surface area (Å²) < 4.78 is 6.50. The Hall–Kier alpha value is -1.74. The number of ether oxygens (including phenoxy) is 1. The Morgan fingerprint density at radius 2 is 2.05 bits per heavy atom. The molecule has 1 heterocycles. The molecule has 1 aromatic rings. The molecule has 0 bridgehead atoms. The standard InChI is InChI=1S/C12H17ClN4O2/c1-11(2,3)19-10(18)15-8-6-17(16-9(8)13)12(4,5)7-14/h6H,1-5H3,(H,15,18). The summed E-state index contributed by atoms with van der Waals surface area (Å²) in [6, 6.07) is 2.09. The van der Waals surface area contributed by atoms with Crippen LogP contribution in [0.5, 0.6) is 0 Å². The molecule has 0 atom stereocenters. The zero-order valence-corrected chi connectivity index (χ0v) is 12.4. The summed E-state index contributed by atoms with van der Waals surface area (Å²) in [5.74, 6) is 0. The highest BCUT2D eigenvalue weighted by atomic mass is 35.5. The minimum absolute atomic E-state index is 0.106. The van der Waals surface area contributed by atoms with Gasteiger partial charge in [0.15, 0.2) is 5.15 Å². The molecular formula is C12H17ClN4O2. The van der Waals surface area contributed by atoms with Gasteiger partial charge in [0, 0.05) is 0 Å². The van der Waals surface area contributed by atoms with Gasteiger partial charge in [-0.2, -0.15) is 10.4 Å². The zero-order valence-electron chi connectivity index (χ0n) is 11.6. The van der Waals surface area contributed by atoms with Crippen molar-refractivity contribution in [3.63, 3.8) is 0 Å². The number of nitrogens with zero attached hydrogens (tertiary/aromatic N) is 3. The van der Waals surface area contributed by atoms with Gasteiger partial charge in [-0.3, -0.25) is 5.32 Å². The maximum absolute atomic E-state index is 11.6. The molecule has 19 heavy (non-hydrogen) atoms. The van der Waals surface area contributed by atoms with E-state index < -0.39 is 17.2 Å². The molecule has 0 radical (unpaired) electrons. The van der Waals surface area contributed by atoms with Gasteiger partial charge in [0.2, 0.25) is 0 Å². The molecule has 1 aromatic heterocycles. The third-order valence-electron chi connectivity index (χ3n) is 2.15. The maximum atomic E-state index is 11.6. The van der Waals surface area contributed by atoms with Gasteiger partial charge in [0.25, 0.3) is 0 Å². The van der Waals surface area contributed by atoms with Crippen LogP contribution in [0, 0.1) is 11.3 Å². The average Bonchev–Trinajstić information content (AvgIpc) is 2.58. The Morgan fingerprint density at radius 1 is 1.47 bits per heavy atom. The van der Waals surface area contributed by atoms with E-state index in [0.29, 0.717) is 5.69 Å². The number of aromatic nitrogens is 2. The van der Waals surface area contributed by atoms with Crippen molar-refractivity contribution in [1.82, 2.24) is 9.78 Å². The third kappa shape index (κ3) is 4.14. The second-order valence-electron chi connectivity index (χ2n) is 5.58. The molecule has 0 spiro atoms. The maximum Gasteiger partial charge on any atom is 0.412 e. The number of rotatable bonds is 2. The number of hydrogen-bond acceptors (Lipinski definition) is 4. The molecule has 0 aromatic carbocycles. The molecule has 0 saturated heterocycles. The lowest BCUT2D eigenvalue weighted by Crippen LogP contribution is -2.27. The van der Waals surface area contributed by atoms with Crippen molar-refractivity contribution in [2.75, 3.05) is 5.32 Å². The second-order valence-corrected chi connectivity index (χ2v) is 5.93. The average molecular weight is 285 g/mol. The largest absolute Gasteiger partial charge is 0.444 e. The molecule has 0 fully saturated rings. The second kappa shape index (κ2) is 5.10. The summed E-state index contributed by atoms with van der Waals surface area (Å²) in [5, 5.41) is 15.6. The van der Waals surface area contributed by atoms with Crippen molar-refractivity contribution in [2.45, 2.75) is 45.8 Å². The van der Waals surface area contributed by atoms with E-state index >= 15 is 0 Å². The van der Waals surface area contributed by atoms with Gasteiger partial charge >= 0.3 is 6.09 Å². The molecule has 0 aliphatic rings. The normalized spacial score (nSPS) is 11.8. The van der Waals surface area contributed by atoms with Crippen LogP contribution >= 0.6 is 11.6 Å². The van der Waals surface area contributed by atoms with E-state index in [0.717, 1.165) is 0 Å². The number of carbonyl (C=O) groups is 1. The van der Waals surface area contributed by atoms with Gasteiger partial charge in [-0.15, -0.1) is 0 Å². The Kier molecular flexibility index (Phi) is 4.11. The van der Waals surface area contributed by atoms with Crippen molar-refractivity contribution in [3.05, 3.63) is 11.3 Å². The fraction of sp³-hybridized carbons (Fsp3) is 0.583. The number of amides is 1. The number of nitriles is 1. The highest BCUT2D eigenvalue weighted by Gasteiger charge is 2.24. The zero-order chi connectivity index (χ0) is 14.8. The molecule has 104 valence electrons. The van der Waals surface area contributed by atoms with Crippen LogP contribution in [0.25, 0.3) is 0 Å². The van der Waals surface area contributed by atoms with Crippen LogP contribution in [0.2, 0.25) is 5.15 Å². The Labute approximate surface area is 117 Å².